The van der Waals surface area contributed by atoms with Crippen LogP contribution in [0, 0.1) is 10.8 Å². The third kappa shape index (κ3) is 5.34. The Kier molecular flexibility index (Phi) is 4.53. The molecule has 0 radical (unpaired) electrons. The van der Waals surface area contributed by atoms with E-state index in [-0.39, 0.29) is 22.6 Å². The van der Waals surface area contributed by atoms with Gasteiger partial charge in [0.15, 0.2) is 0 Å². The monoisotopic (exact) mass is 302 g/mol. The molecule has 5 heteroatoms. The Balaban J connectivity index is 1.86. The van der Waals surface area contributed by atoms with E-state index in [4.69, 9.17) is 0 Å². The van der Waals surface area contributed by atoms with Gasteiger partial charge in [0.1, 0.15) is 0 Å². The predicted molar refractivity (Wildman–Crippen MR) is 83.1 cm³/mol. The highest BCUT2D eigenvalue weighted by Crippen LogP contribution is 2.45. The van der Waals surface area contributed by atoms with Gasteiger partial charge in [-0.1, -0.05) is 27.7 Å². The van der Waals surface area contributed by atoms with Gasteiger partial charge in [0.2, 0.25) is 10.0 Å². The van der Waals surface area contributed by atoms with Gasteiger partial charge in [0.05, 0.1) is 5.75 Å². The first-order chi connectivity index (χ1) is 9.07. The van der Waals surface area contributed by atoms with Gasteiger partial charge >= 0.3 is 0 Å². The molecule has 4 nitrogen and oxygen atoms in total. The van der Waals surface area contributed by atoms with Crippen molar-refractivity contribution in [1.29, 1.82) is 0 Å². The van der Waals surface area contributed by atoms with Crippen LogP contribution < -0.4 is 10.0 Å². The van der Waals surface area contributed by atoms with Gasteiger partial charge in [-0.05, 0) is 42.9 Å². The summed E-state index contributed by atoms with van der Waals surface area (Å²) in [6, 6.07) is 0.650. The normalized spacial score (nSPS) is 26.6. The second-order valence-corrected chi connectivity index (χ2v) is 10.1. The molecular weight excluding hydrogens is 272 g/mol. The zero-order chi connectivity index (χ0) is 15.0. The van der Waals surface area contributed by atoms with Gasteiger partial charge in [0, 0.05) is 18.6 Å². The van der Waals surface area contributed by atoms with Gasteiger partial charge in [0.25, 0.3) is 0 Å². The molecule has 118 valence electrons. The predicted octanol–water partition coefficient (Wildman–Crippen LogP) is 2.26. The molecule has 20 heavy (non-hydrogen) atoms. The van der Waals surface area contributed by atoms with Crippen molar-refractivity contribution >= 4 is 10.0 Å². The lowest BCUT2D eigenvalue weighted by Crippen LogP contribution is -2.47. The molecule has 2 aliphatic rings. The smallest absolute Gasteiger partial charge is 0.213 e. The Hall–Kier alpha value is -0.130. The summed E-state index contributed by atoms with van der Waals surface area (Å²) < 4.78 is 27.3. The molecule has 0 aromatic carbocycles. The summed E-state index contributed by atoms with van der Waals surface area (Å²) >= 11 is 0. The Morgan fingerprint density at radius 2 is 1.55 bits per heavy atom. The summed E-state index contributed by atoms with van der Waals surface area (Å²) in [6.07, 6.45) is 5.41. The quantitative estimate of drug-likeness (QED) is 0.791. The molecule has 2 fully saturated rings. The number of nitrogens with one attached hydrogen (secondary N) is 2. The van der Waals surface area contributed by atoms with Crippen LogP contribution in [-0.4, -0.2) is 32.8 Å². The average Bonchev–Trinajstić information content (AvgIpc) is 2.94. The molecule has 0 unspecified atom stereocenters. The van der Waals surface area contributed by atoms with Crippen LogP contribution in [0.1, 0.15) is 59.8 Å². The molecule has 0 amide bonds. The second-order valence-electron chi connectivity index (χ2n) is 8.28. The fraction of sp³-hybridized carbons (Fsp3) is 1.00. The number of hydrogen-bond acceptors (Lipinski definition) is 3. The maximum Gasteiger partial charge on any atom is 0.213 e. The fourth-order valence-corrected chi connectivity index (χ4v) is 5.11. The molecule has 0 saturated heterocycles. The van der Waals surface area contributed by atoms with Crippen molar-refractivity contribution in [3.63, 3.8) is 0 Å². The van der Waals surface area contributed by atoms with Gasteiger partial charge < -0.3 is 5.32 Å². The van der Waals surface area contributed by atoms with E-state index in [1.807, 2.05) is 0 Å². The molecule has 0 atom stereocenters. The summed E-state index contributed by atoms with van der Waals surface area (Å²) in [7, 11) is -3.16. The minimum Gasteiger partial charge on any atom is -0.313 e. The molecule has 2 rings (SSSR count). The van der Waals surface area contributed by atoms with Crippen LogP contribution in [0.25, 0.3) is 0 Å². The Morgan fingerprint density at radius 1 is 1.00 bits per heavy atom. The Morgan fingerprint density at radius 3 is 2.05 bits per heavy atom. The van der Waals surface area contributed by atoms with E-state index in [1.165, 1.54) is 12.8 Å². The highest BCUT2D eigenvalue weighted by atomic mass is 32.2. The Bertz CT molecular complexity index is 423. The summed E-state index contributed by atoms with van der Waals surface area (Å²) in [4.78, 5) is 0. The van der Waals surface area contributed by atoms with Crippen molar-refractivity contribution in [3.8, 4) is 0 Å². The third-order valence-electron chi connectivity index (χ3n) is 4.28. The first-order valence-electron chi connectivity index (χ1n) is 7.80. The van der Waals surface area contributed by atoms with Gasteiger partial charge in [-0.15, -0.1) is 0 Å². The lowest BCUT2D eigenvalue weighted by molar-refractivity contribution is 0.0934. The largest absolute Gasteiger partial charge is 0.313 e. The van der Waals surface area contributed by atoms with Crippen molar-refractivity contribution in [1.82, 2.24) is 10.0 Å². The highest BCUT2D eigenvalue weighted by molar-refractivity contribution is 7.89. The van der Waals surface area contributed by atoms with E-state index in [0.717, 1.165) is 19.3 Å². The van der Waals surface area contributed by atoms with Gasteiger partial charge in [-0.25, -0.2) is 13.1 Å². The molecule has 0 aromatic heterocycles. The van der Waals surface area contributed by atoms with Crippen LogP contribution in [0.3, 0.4) is 0 Å². The van der Waals surface area contributed by atoms with E-state index >= 15 is 0 Å². The fourth-order valence-electron chi connectivity index (χ4n) is 3.93. The lowest BCUT2D eigenvalue weighted by Gasteiger charge is -2.45. The van der Waals surface area contributed by atoms with E-state index < -0.39 is 10.0 Å². The molecule has 0 aliphatic heterocycles. The van der Waals surface area contributed by atoms with Crippen molar-refractivity contribution in [2.24, 2.45) is 10.8 Å². The first kappa shape index (κ1) is 16.2. The van der Waals surface area contributed by atoms with Crippen LogP contribution in [0.2, 0.25) is 0 Å². The zero-order valence-corrected chi connectivity index (χ0v) is 14.1. The minimum atomic E-state index is -3.16. The van der Waals surface area contributed by atoms with Crippen LogP contribution in [0.15, 0.2) is 0 Å². The highest BCUT2D eigenvalue weighted by Gasteiger charge is 2.39. The lowest BCUT2D eigenvalue weighted by atomic mass is 9.64. The maximum atomic E-state index is 12.2. The SMILES string of the molecule is CC1(C)CC(NS(=O)(=O)CCNC2CC2)CC(C)(C)C1. The summed E-state index contributed by atoms with van der Waals surface area (Å²) in [6.45, 7) is 9.53. The molecule has 0 heterocycles. The van der Waals surface area contributed by atoms with Gasteiger partial charge in [-0.2, -0.15) is 0 Å². The Labute approximate surface area is 124 Å². The summed E-state index contributed by atoms with van der Waals surface area (Å²) in [5, 5.41) is 3.26. The third-order valence-corrected chi connectivity index (χ3v) is 5.72. The molecular formula is C15H30N2O2S. The van der Waals surface area contributed by atoms with Crippen molar-refractivity contribution in [2.75, 3.05) is 12.3 Å². The molecule has 0 spiro atoms. The van der Waals surface area contributed by atoms with E-state index in [1.54, 1.807) is 0 Å². The molecule has 2 N–H and O–H groups in total. The van der Waals surface area contributed by atoms with Crippen molar-refractivity contribution < 1.29 is 8.42 Å². The minimum absolute atomic E-state index is 0.0830. The average molecular weight is 302 g/mol. The zero-order valence-electron chi connectivity index (χ0n) is 13.3. The van der Waals surface area contributed by atoms with Crippen LogP contribution in [0.4, 0.5) is 0 Å². The molecule has 2 saturated carbocycles. The summed E-state index contributed by atoms with van der Waals surface area (Å²) in [5.41, 5.74) is 0.419. The molecule has 0 aromatic rings. The second kappa shape index (κ2) is 5.58. The van der Waals surface area contributed by atoms with E-state index in [2.05, 4.69) is 37.7 Å². The maximum absolute atomic E-state index is 12.2. The van der Waals surface area contributed by atoms with Gasteiger partial charge in [-0.3, -0.25) is 0 Å². The summed E-state index contributed by atoms with van der Waals surface area (Å²) in [5.74, 6) is 0.195. The number of rotatable bonds is 6. The standard InChI is InChI=1S/C15H30N2O2S/c1-14(2)9-13(10-15(3,4)11-14)17-20(18,19)8-7-16-12-5-6-12/h12-13,16-17H,5-11H2,1-4H3. The van der Waals surface area contributed by atoms with Crippen molar-refractivity contribution in [2.45, 2.75) is 71.9 Å². The van der Waals surface area contributed by atoms with E-state index in [9.17, 15) is 8.42 Å². The molecule has 2 aliphatic carbocycles. The van der Waals surface area contributed by atoms with Crippen molar-refractivity contribution in [3.05, 3.63) is 0 Å². The van der Waals surface area contributed by atoms with E-state index in [0.29, 0.717) is 12.6 Å². The first-order valence-corrected chi connectivity index (χ1v) is 9.46. The molecule has 0 bridgehead atoms. The van der Waals surface area contributed by atoms with Crippen LogP contribution >= 0.6 is 0 Å². The number of sulfonamides is 1. The van der Waals surface area contributed by atoms with Crippen LogP contribution in [0.5, 0.6) is 0 Å². The topological polar surface area (TPSA) is 58.2 Å². The van der Waals surface area contributed by atoms with Crippen LogP contribution in [-0.2, 0) is 10.0 Å². The number of hydrogen-bond donors (Lipinski definition) is 2.